The molecule has 5 nitrogen and oxygen atoms in total. The zero-order chi connectivity index (χ0) is 13.4. The fourth-order valence-corrected chi connectivity index (χ4v) is 3.60. The second-order valence-electron chi connectivity index (χ2n) is 5.22. The molecule has 1 saturated carbocycles. The van der Waals surface area contributed by atoms with Gasteiger partial charge in [0.15, 0.2) is 5.13 Å². The van der Waals surface area contributed by atoms with Crippen molar-refractivity contribution in [2.45, 2.75) is 51.1 Å². The summed E-state index contributed by atoms with van der Waals surface area (Å²) in [5.41, 5.74) is 0. The van der Waals surface area contributed by atoms with Gasteiger partial charge in [-0.2, -0.15) is 0 Å². The van der Waals surface area contributed by atoms with Gasteiger partial charge in [-0.15, -0.1) is 11.3 Å². The molecule has 6 heteroatoms. The Morgan fingerprint density at radius 2 is 2.11 bits per heavy atom. The van der Waals surface area contributed by atoms with Crippen LogP contribution in [0.3, 0.4) is 0 Å². The number of carbonyl (C=O) groups is 2. The van der Waals surface area contributed by atoms with Gasteiger partial charge in [0.2, 0.25) is 5.91 Å². The molecule has 1 aromatic rings. The number of nitrogens with zero attached hydrogens (tertiary/aromatic N) is 2. The van der Waals surface area contributed by atoms with E-state index in [4.69, 9.17) is 0 Å². The summed E-state index contributed by atoms with van der Waals surface area (Å²) < 4.78 is 0. The summed E-state index contributed by atoms with van der Waals surface area (Å²) in [6, 6.07) is -0.302. The molecule has 2 amide bonds. The molecular weight excluding hydrogens is 262 g/mol. The van der Waals surface area contributed by atoms with Gasteiger partial charge in [0.05, 0.1) is 6.42 Å². The predicted molar refractivity (Wildman–Crippen MR) is 73.0 cm³/mol. The lowest BCUT2D eigenvalue weighted by Crippen LogP contribution is -2.40. The molecule has 0 radical (unpaired) electrons. The summed E-state index contributed by atoms with van der Waals surface area (Å²) in [5, 5.41) is 3.81. The highest BCUT2D eigenvalue weighted by Gasteiger charge is 2.43. The number of anilines is 1. The van der Waals surface area contributed by atoms with Crippen molar-refractivity contribution in [3.8, 4) is 0 Å². The summed E-state index contributed by atoms with van der Waals surface area (Å²) in [6.45, 7) is 1.97. The van der Waals surface area contributed by atoms with Crippen LogP contribution in [0, 0.1) is 6.92 Å². The lowest BCUT2D eigenvalue weighted by atomic mass is 10.2. The van der Waals surface area contributed by atoms with Gasteiger partial charge in [0.1, 0.15) is 6.04 Å². The lowest BCUT2D eigenvalue weighted by molar-refractivity contribution is -0.141. The first-order valence-electron chi connectivity index (χ1n) is 6.70. The van der Waals surface area contributed by atoms with E-state index in [-0.39, 0.29) is 24.3 Å². The SMILES string of the molecule is Cc1cnc(NC2CC(=O)N(C3CCCC3)C2=O)s1. The number of aryl methyl sites for hydroxylation is 1. The Morgan fingerprint density at radius 3 is 2.74 bits per heavy atom. The first kappa shape index (κ1) is 12.6. The first-order valence-corrected chi connectivity index (χ1v) is 7.51. The Kier molecular flexibility index (Phi) is 3.26. The second-order valence-corrected chi connectivity index (χ2v) is 6.45. The van der Waals surface area contributed by atoms with E-state index in [2.05, 4.69) is 10.3 Å². The van der Waals surface area contributed by atoms with Gasteiger partial charge < -0.3 is 5.32 Å². The zero-order valence-electron chi connectivity index (χ0n) is 10.9. The third kappa shape index (κ3) is 2.36. The van der Waals surface area contributed by atoms with E-state index in [1.165, 1.54) is 16.2 Å². The Hall–Kier alpha value is -1.43. The van der Waals surface area contributed by atoms with Crippen molar-refractivity contribution < 1.29 is 9.59 Å². The number of hydrogen-bond acceptors (Lipinski definition) is 5. The van der Waals surface area contributed by atoms with E-state index in [9.17, 15) is 9.59 Å². The first-order chi connectivity index (χ1) is 9.15. The summed E-state index contributed by atoms with van der Waals surface area (Å²) in [4.78, 5) is 31.1. The van der Waals surface area contributed by atoms with Crippen molar-refractivity contribution in [3.63, 3.8) is 0 Å². The maximum atomic E-state index is 12.3. The molecule has 1 saturated heterocycles. The quantitative estimate of drug-likeness (QED) is 0.859. The number of aromatic nitrogens is 1. The van der Waals surface area contributed by atoms with Gasteiger partial charge >= 0.3 is 0 Å². The molecular formula is C13H17N3O2S. The Labute approximate surface area is 116 Å². The maximum absolute atomic E-state index is 12.3. The van der Waals surface area contributed by atoms with Crippen molar-refractivity contribution in [3.05, 3.63) is 11.1 Å². The van der Waals surface area contributed by atoms with Crippen LogP contribution in [0.5, 0.6) is 0 Å². The number of likely N-dealkylation sites (tertiary alicyclic amines) is 1. The minimum atomic E-state index is -0.432. The van der Waals surface area contributed by atoms with Gasteiger partial charge in [-0.05, 0) is 19.8 Å². The smallest absolute Gasteiger partial charge is 0.252 e. The Morgan fingerprint density at radius 1 is 1.37 bits per heavy atom. The molecule has 0 aromatic carbocycles. The third-order valence-corrected chi connectivity index (χ3v) is 4.64. The minimum absolute atomic E-state index is 0.0392. The standard InChI is InChI=1S/C13H17N3O2S/c1-8-7-14-13(19-8)15-10-6-11(17)16(12(10)18)9-4-2-3-5-9/h7,9-10H,2-6H2,1H3,(H,14,15). The number of nitrogens with one attached hydrogen (secondary N) is 1. The van der Waals surface area contributed by atoms with Crippen LogP contribution >= 0.6 is 11.3 Å². The molecule has 1 atom stereocenters. The molecule has 1 aliphatic heterocycles. The molecule has 2 heterocycles. The molecule has 1 unspecified atom stereocenters. The molecule has 1 aliphatic carbocycles. The Bertz CT molecular complexity index is 508. The number of hydrogen-bond donors (Lipinski definition) is 1. The normalized spacial score (nSPS) is 24.5. The van der Waals surface area contributed by atoms with E-state index in [1.54, 1.807) is 6.20 Å². The van der Waals surface area contributed by atoms with E-state index in [1.807, 2.05) is 6.92 Å². The minimum Gasteiger partial charge on any atom is -0.349 e. The number of amides is 2. The highest BCUT2D eigenvalue weighted by Crippen LogP contribution is 2.29. The van der Waals surface area contributed by atoms with Crippen LogP contribution in [0.15, 0.2) is 6.20 Å². The molecule has 102 valence electrons. The Balaban J connectivity index is 1.71. The fraction of sp³-hybridized carbons (Fsp3) is 0.615. The van der Waals surface area contributed by atoms with Crippen LogP contribution in [0.25, 0.3) is 0 Å². The molecule has 2 aliphatic rings. The molecule has 0 bridgehead atoms. The molecule has 3 rings (SSSR count). The number of thiazole rings is 1. The van der Waals surface area contributed by atoms with E-state index in [0.29, 0.717) is 0 Å². The van der Waals surface area contributed by atoms with Crippen LogP contribution in [0.4, 0.5) is 5.13 Å². The van der Waals surface area contributed by atoms with Gasteiger partial charge in [0, 0.05) is 17.1 Å². The molecule has 1 aromatic heterocycles. The number of carbonyl (C=O) groups excluding carboxylic acids is 2. The fourth-order valence-electron chi connectivity index (χ4n) is 2.88. The highest BCUT2D eigenvalue weighted by atomic mass is 32.1. The molecule has 2 fully saturated rings. The third-order valence-electron chi connectivity index (χ3n) is 3.79. The largest absolute Gasteiger partial charge is 0.349 e. The van der Waals surface area contributed by atoms with Gasteiger partial charge in [-0.3, -0.25) is 14.5 Å². The molecule has 19 heavy (non-hydrogen) atoms. The maximum Gasteiger partial charge on any atom is 0.252 e. The van der Waals surface area contributed by atoms with Crippen molar-refractivity contribution >= 4 is 28.3 Å². The monoisotopic (exact) mass is 279 g/mol. The number of imide groups is 1. The zero-order valence-corrected chi connectivity index (χ0v) is 11.7. The number of rotatable bonds is 3. The second kappa shape index (κ2) is 4.92. The van der Waals surface area contributed by atoms with Crippen LogP contribution in [-0.2, 0) is 9.59 Å². The van der Waals surface area contributed by atoms with Crippen LogP contribution in [0.1, 0.15) is 37.0 Å². The van der Waals surface area contributed by atoms with Crippen molar-refractivity contribution in [2.24, 2.45) is 0 Å². The van der Waals surface area contributed by atoms with Gasteiger partial charge in [-0.1, -0.05) is 12.8 Å². The molecule has 1 N–H and O–H groups in total. The van der Waals surface area contributed by atoms with E-state index in [0.717, 1.165) is 35.7 Å². The van der Waals surface area contributed by atoms with Crippen molar-refractivity contribution in [1.29, 1.82) is 0 Å². The van der Waals surface area contributed by atoms with Gasteiger partial charge in [-0.25, -0.2) is 4.98 Å². The van der Waals surface area contributed by atoms with Crippen LogP contribution < -0.4 is 5.32 Å². The topological polar surface area (TPSA) is 62.3 Å². The predicted octanol–water partition coefficient (Wildman–Crippen LogP) is 1.93. The van der Waals surface area contributed by atoms with Gasteiger partial charge in [0.25, 0.3) is 5.91 Å². The van der Waals surface area contributed by atoms with Crippen molar-refractivity contribution in [2.75, 3.05) is 5.32 Å². The summed E-state index contributed by atoms with van der Waals surface area (Å²) >= 11 is 1.51. The summed E-state index contributed by atoms with van der Waals surface area (Å²) in [7, 11) is 0. The highest BCUT2D eigenvalue weighted by molar-refractivity contribution is 7.15. The molecule has 0 spiro atoms. The lowest BCUT2D eigenvalue weighted by Gasteiger charge is -2.22. The van der Waals surface area contributed by atoms with E-state index >= 15 is 0 Å². The summed E-state index contributed by atoms with van der Waals surface area (Å²) in [5.74, 6) is -0.118. The van der Waals surface area contributed by atoms with E-state index < -0.39 is 6.04 Å². The average molecular weight is 279 g/mol. The van der Waals surface area contributed by atoms with Crippen LogP contribution in [0.2, 0.25) is 0 Å². The average Bonchev–Trinajstić information content (AvgIpc) is 3.04. The van der Waals surface area contributed by atoms with Crippen molar-refractivity contribution in [1.82, 2.24) is 9.88 Å². The summed E-state index contributed by atoms with van der Waals surface area (Å²) in [6.07, 6.45) is 6.18. The van der Waals surface area contributed by atoms with Crippen LogP contribution in [-0.4, -0.2) is 33.8 Å².